The molecule has 0 aliphatic rings. The number of esters is 1. The maximum absolute atomic E-state index is 11.6. The average molecular weight is 228 g/mol. The summed E-state index contributed by atoms with van der Waals surface area (Å²) in [5.74, 6) is -0.0424. The Labute approximate surface area is 96.2 Å². The predicted molar refractivity (Wildman–Crippen MR) is 60.4 cm³/mol. The zero-order valence-corrected chi connectivity index (χ0v) is 10.2. The molecule has 5 nitrogen and oxygen atoms in total. The Hall–Kier alpha value is -1.35. The van der Waals surface area contributed by atoms with Crippen LogP contribution in [0.25, 0.3) is 0 Å². The lowest BCUT2D eigenvalue weighted by atomic mass is 10.0. The van der Waals surface area contributed by atoms with Crippen molar-refractivity contribution in [2.24, 2.45) is 11.0 Å². The fraction of sp³-hybridized carbons (Fsp3) is 0.818. The molecule has 0 aliphatic heterocycles. The quantitative estimate of drug-likeness (QED) is 0.225. The highest BCUT2D eigenvalue weighted by molar-refractivity contribution is 5.75. The molecule has 0 radical (unpaired) electrons. The van der Waals surface area contributed by atoms with Crippen molar-refractivity contribution in [1.82, 2.24) is 5.43 Å². The van der Waals surface area contributed by atoms with Gasteiger partial charge in [0.25, 0.3) is 6.08 Å². The summed E-state index contributed by atoms with van der Waals surface area (Å²) in [6.07, 6.45) is 3.75. The van der Waals surface area contributed by atoms with Crippen LogP contribution in [-0.2, 0) is 14.3 Å². The molecule has 0 amide bonds. The average Bonchev–Trinajstić information content (AvgIpc) is 2.23. The standard InChI is InChI=1S/C11H20N2O3/c1-4-5-6-16-11(15)10(7-9(2)3)13-12-8-14/h9-10,13H,4-7H2,1-3H3/t10-/m0/s1. The van der Waals surface area contributed by atoms with Crippen molar-refractivity contribution >= 4 is 12.0 Å². The number of nitrogens with one attached hydrogen (secondary N) is 1. The van der Waals surface area contributed by atoms with Gasteiger partial charge in [0.1, 0.15) is 6.04 Å². The fourth-order valence-corrected chi connectivity index (χ4v) is 1.20. The first kappa shape index (κ1) is 14.6. The molecule has 0 aromatic rings. The molecule has 16 heavy (non-hydrogen) atoms. The third-order valence-electron chi connectivity index (χ3n) is 2.00. The largest absolute Gasteiger partial charge is 0.464 e. The first-order chi connectivity index (χ1) is 7.61. The summed E-state index contributed by atoms with van der Waals surface area (Å²) in [7, 11) is 0. The van der Waals surface area contributed by atoms with Gasteiger partial charge in [0.15, 0.2) is 0 Å². The second-order valence-electron chi connectivity index (χ2n) is 4.04. The number of hydrogen-bond donors (Lipinski definition) is 1. The minimum atomic E-state index is -0.557. The minimum Gasteiger partial charge on any atom is -0.464 e. The highest BCUT2D eigenvalue weighted by Gasteiger charge is 2.20. The van der Waals surface area contributed by atoms with Crippen molar-refractivity contribution in [2.75, 3.05) is 6.61 Å². The molecule has 1 atom stereocenters. The summed E-state index contributed by atoms with van der Waals surface area (Å²) in [6.45, 7) is 6.40. The van der Waals surface area contributed by atoms with Crippen LogP contribution in [0, 0.1) is 5.92 Å². The van der Waals surface area contributed by atoms with Gasteiger partial charge in [-0.2, -0.15) is 0 Å². The Bertz CT molecular complexity index is 248. The van der Waals surface area contributed by atoms with Crippen molar-refractivity contribution in [2.45, 2.75) is 46.1 Å². The van der Waals surface area contributed by atoms with Crippen LogP contribution in [0.2, 0.25) is 0 Å². The van der Waals surface area contributed by atoms with Gasteiger partial charge in [-0.25, -0.2) is 9.59 Å². The van der Waals surface area contributed by atoms with Crippen LogP contribution in [0.3, 0.4) is 0 Å². The first-order valence-electron chi connectivity index (χ1n) is 5.60. The lowest BCUT2D eigenvalue weighted by Gasteiger charge is -2.16. The van der Waals surface area contributed by atoms with E-state index in [0.717, 1.165) is 12.8 Å². The van der Waals surface area contributed by atoms with Crippen LogP contribution in [0.15, 0.2) is 5.10 Å². The molecule has 0 aromatic carbocycles. The fourth-order valence-electron chi connectivity index (χ4n) is 1.20. The monoisotopic (exact) mass is 228 g/mol. The Morgan fingerprint density at radius 3 is 2.69 bits per heavy atom. The smallest absolute Gasteiger partial charge is 0.330 e. The molecule has 0 unspecified atom stereocenters. The molecule has 0 aromatic heterocycles. The number of isocyanates is 1. The number of carbonyl (C=O) groups excluding carboxylic acids is 2. The zero-order chi connectivity index (χ0) is 12.4. The van der Waals surface area contributed by atoms with Crippen molar-refractivity contribution in [3.05, 3.63) is 0 Å². The molecule has 0 bridgehead atoms. The molecule has 0 spiro atoms. The van der Waals surface area contributed by atoms with E-state index < -0.39 is 6.04 Å². The molecule has 0 saturated heterocycles. The Balaban J connectivity index is 4.14. The van der Waals surface area contributed by atoms with E-state index in [1.165, 1.54) is 6.08 Å². The Kier molecular flexibility index (Phi) is 8.17. The van der Waals surface area contributed by atoms with Gasteiger partial charge in [-0.05, 0) is 18.8 Å². The van der Waals surface area contributed by atoms with E-state index in [-0.39, 0.29) is 5.97 Å². The molecule has 1 N–H and O–H groups in total. The summed E-state index contributed by atoms with van der Waals surface area (Å²) in [4.78, 5) is 21.6. The van der Waals surface area contributed by atoms with Gasteiger partial charge in [-0.3, -0.25) is 5.43 Å². The second-order valence-corrected chi connectivity index (χ2v) is 4.04. The topological polar surface area (TPSA) is 67.8 Å². The summed E-state index contributed by atoms with van der Waals surface area (Å²) >= 11 is 0. The van der Waals surface area contributed by atoms with Crippen LogP contribution in [-0.4, -0.2) is 24.7 Å². The van der Waals surface area contributed by atoms with Gasteiger partial charge in [-0.1, -0.05) is 32.3 Å². The van der Waals surface area contributed by atoms with Crippen LogP contribution in [0.4, 0.5) is 0 Å². The van der Waals surface area contributed by atoms with Crippen molar-refractivity contribution in [3.8, 4) is 0 Å². The molecule has 92 valence electrons. The van der Waals surface area contributed by atoms with Crippen LogP contribution >= 0.6 is 0 Å². The van der Waals surface area contributed by atoms with Crippen LogP contribution < -0.4 is 5.43 Å². The third kappa shape index (κ3) is 7.01. The van der Waals surface area contributed by atoms with E-state index >= 15 is 0 Å². The Morgan fingerprint density at radius 1 is 1.50 bits per heavy atom. The molecule has 0 rings (SSSR count). The highest BCUT2D eigenvalue weighted by Crippen LogP contribution is 2.06. The number of nitrogens with zero attached hydrogens (tertiary/aromatic N) is 1. The van der Waals surface area contributed by atoms with Gasteiger partial charge in [0, 0.05) is 0 Å². The zero-order valence-electron chi connectivity index (χ0n) is 10.2. The maximum Gasteiger partial charge on any atom is 0.330 e. The number of hydrazone groups is 1. The van der Waals surface area contributed by atoms with Crippen LogP contribution in [0.1, 0.15) is 40.0 Å². The van der Waals surface area contributed by atoms with E-state index in [4.69, 9.17) is 4.74 Å². The van der Waals surface area contributed by atoms with E-state index in [1.54, 1.807) is 0 Å². The molecule has 0 saturated carbocycles. The minimum absolute atomic E-state index is 0.318. The van der Waals surface area contributed by atoms with Gasteiger partial charge < -0.3 is 4.74 Å². The lowest BCUT2D eigenvalue weighted by Crippen LogP contribution is -2.36. The number of rotatable bonds is 8. The van der Waals surface area contributed by atoms with E-state index in [0.29, 0.717) is 18.9 Å². The summed E-state index contributed by atoms with van der Waals surface area (Å²) < 4.78 is 5.05. The van der Waals surface area contributed by atoms with Gasteiger partial charge in [-0.15, -0.1) is 0 Å². The third-order valence-corrected chi connectivity index (χ3v) is 2.00. The molecular formula is C11H20N2O3. The number of ether oxygens (including phenoxy) is 1. The predicted octanol–water partition coefficient (Wildman–Crippen LogP) is 1.58. The molecule has 0 fully saturated rings. The van der Waals surface area contributed by atoms with E-state index in [1.807, 2.05) is 20.8 Å². The van der Waals surface area contributed by atoms with Crippen molar-refractivity contribution in [3.63, 3.8) is 0 Å². The molecular weight excluding hydrogens is 208 g/mol. The maximum atomic E-state index is 11.6. The molecule has 5 heteroatoms. The normalized spacial score (nSPS) is 11.8. The summed E-state index contributed by atoms with van der Waals surface area (Å²) in [6, 6.07) is -0.557. The highest BCUT2D eigenvalue weighted by atomic mass is 16.5. The molecule has 0 heterocycles. The second kappa shape index (κ2) is 8.92. The van der Waals surface area contributed by atoms with Crippen LogP contribution in [0.5, 0.6) is 0 Å². The first-order valence-corrected chi connectivity index (χ1v) is 5.60. The van der Waals surface area contributed by atoms with E-state index in [2.05, 4.69) is 10.5 Å². The van der Waals surface area contributed by atoms with Gasteiger partial charge in [0.05, 0.1) is 6.61 Å². The summed E-state index contributed by atoms with van der Waals surface area (Å²) in [5, 5.41) is 3.22. The Morgan fingerprint density at radius 2 is 2.19 bits per heavy atom. The molecule has 0 aliphatic carbocycles. The number of carbonyl (C=O) groups is 1. The van der Waals surface area contributed by atoms with E-state index in [9.17, 15) is 9.59 Å². The van der Waals surface area contributed by atoms with Gasteiger partial charge >= 0.3 is 5.97 Å². The lowest BCUT2D eigenvalue weighted by molar-refractivity contribution is -0.146. The summed E-state index contributed by atoms with van der Waals surface area (Å²) in [5.41, 5.74) is 2.45. The SMILES string of the molecule is CCCCOC(=O)[C@H](CC(C)C)NN=C=O. The number of hydrogen-bond acceptors (Lipinski definition) is 5. The number of unbranched alkanes of at least 4 members (excludes halogenated alkanes) is 1. The van der Waals surface area contributed by atoms with Gasteiger partial charge in [0.2, 0.25) is 0 Å². The van der Waals surface area contributed by atoms with Crippen molar-refractivity contribution in [1.29, 1.82) is 0 Å². The van der Waals surface area contributed by atoms with Crippen molar-refractivity contribution < 1.29 is 14.3 Å².